The maximum atomic E-state index is 12.2. The van der Waals surface area contributed by atoms with Gasteiger partial charge in [-0.1, -0.05) is 41.5 Å². The molecule has 2 saturated carbocycles. The van der Waals surface area contributed by atoms with E-state index in [0.717, 1.165) is 6.42 Å². The number of hydrogen-bond acceptors (Lipinski definition) is 2. The molecule has 0 aromatic carbocycles. The molecule has 2 aliphatic rings. The number of ketones is 1. The number of hydrogen-bond donors (Lipinski definition) is 1. The molecule has 0 amide bonds. The average molecular weight is 252 g/mol. The van der Waals surface area contributed by atoms with Crippen molar-refractivity contribution in [1.82, 2.24) is 0 Å². The summed E-state index contributed by atoms with van der Waals surface area (Å²) in [7, 11) is 0. The minimum Gasteiger partial charge on any atom is -0.385 e. The molecule has 0 aromatic rings. The van der Waals surface area contributed by atoms with Gasteiger partial charge in [0, 0.05) is 11.8 Å². The molecular formula is C16H28O2. The van der Waals surface area contributed by atoms with Gasteiger partial charge >= 0.3 is 0 Å². The van der Waals surface area contributed by atoms with Gasteiger partial charge < -0.3 is 5.11 Å². The van der Waals surface area contributed by atoms with E-state index in [1.807, 2.05) is 0 Å². The summed E-state index contributed by atoms with van der Waals surface area (Å²) in [6.45, 7) is 13.4. The van der Waals surface area contributed by atoms with Crippen molar-refractivity contribution >= 4 is 5.78 Å². The number of carbonyl (C=O) groups is 1. The van der Waals surface area contributed by atoms with Gasteiger partial charge in [0.05, 0.1) is 0 Å². The van der Waals surface area contributed by atoms with Crippen LogP contribution in [0.2, 0.25) is 0 Å². The van der Waals surface area contributed by atoms with Crippen molar-refractivity contribution in [3.8, 4) is 0 Å². The van der Waals surface area contributed by atoms with Crippen molar-refractivity contribution < 1.29 is 9.90 Å². The fourth-order valence-electron chi connectivity index (χ4n) is 4.83. The second-order valence-corrected chi connectivity index (χ2v) is 8.17. The first-order valence-electron chi connectivity index (χ1n) is 7.24. The molecular weight excluding hydrogens is 224 g/mol. The van der Waals surface area contributed by atoms with Crippen molar-refractivity contribution in [1.29, 1.82) is 0 Å². The molecule has 2 nitrogen and oxygen atoms in total. The zero-order valence-corrected chi connectivity index (χ0v) is 12.7. The third-order valence-electron chi connectivity index (χ3n) is 6.50. The number of carbonyl (C=O) groups excluding carboxylic acids is 1. The third kappa shape index (κ3) is 1.68. The van der Waals surface area contributed by atoms with Crippen molar-refractivity contribution in [2.45, 2.75) is 66.9 Å². The standard InChI is InChI=1S/C16H28O2/c1-10-14(2,3)8-7-12-15(4,5)13(18)11(17)9-16(10,12)6/h10,12-13,18H,7-9H2,1-6H3. The molecule has 2 aliphatic carbocycles. The maximum absolute atomic E-state index is 12.2. The Morgan fingerprint density at radius 2 is 1.72 bits per heavy atom. The molecule has 18 heavy (non-hydrogen) atoms. The Bertz CT molecular complexity index is 369. The molecule has 0 saturated heterocycles. The first-order chi connectivity index (χ1) is 8.03. The van der Waals surface area contributed by atoms with Crippen LogP contribution in [-0.4, -0.2) is 17.0 Å². The van der Waals surface area contributed by atoms with Gasteiger partial charge in [0.2, 0.25) is 0 Å². The quantitative estimate of drug-likeness (QED) is 0.717. The van der Waals surface area contributed by atoms with Gasteiger partial charge in [-0.3, -0.25) is 4.79 Å². The monoisotopic (exact) mass is 252 g/mol. The van der Waals surface area contributed by atoms with E-state index in [-0.39, 0.29) is 16.6 Å². The van der Waals surface area contributed by atoms with Crippen LogP contribution in [-0.2, 0) is 4.79 Å². The molecule has 104 valence electrons. The van der Waals surface area contributed by atoms with E-state index >= 15 is 0 Å². The van der Waals surface area contributed by atoms with Crippen molar-refractivity contribution in [2.24, 2.45) is 28.1 Å². The highest BCUT2D eigenvalue weighted by molar-refractivity contribution is 5.85. The summed E-state index contributed by atoms with van der Waals surface area (Å²) in [6.07, 6.45) is 2.10. The van der Waals surface area contributed by atoms with Crippen LogP contribution in [0.25, 0.3) is 0 Å². The van der Waals surface area contributed by atoms with Crippen LogP contribution in [0.1, 0.15) is 60.8 Å². The summed E-state index contributed by atoms with van der Waals surface area (Å²) in [5.74, 6) is 1.00. The normalized spacial score (nSPS) is 46.6. The Kier molecular flexibility index (Phi) is 2.98. The summed E-state index contributed by atoms with van der Waals surface area (Å²) < 4.78 is 0. The van der Waals surface area contributed by atoms with E-state index in [1.54, 1.807) is 0 Å². The first-order valence-corrected chi connectivity index (χ1v) is 7.24. The minimum atomic E-state index is -0.774. The summed E-state index contributed by atoms with van der Waals surface area (Å²) >= 11 is 0. The van der Waals surface area contributed by atoms with Crippen LogP contribution in [0.4, 0.5) is 0 Å². The Morgan fingerprint density at radius 3 is 2.28 bits per heavy atom. The zero-order valence-electron chi connectivity index (χ0n) is 12.7. The molecule has 0 heterocycles. The topological polar surface area (TPSA) is 37.3 Å². The fraction of sp³-hybridized carbons (Fsp3) is 0.938. The number of rotatable bonds is 0. The van der Waals surface area contributed by atoms with Gasteiger partial charge in [0.15, 0.2) is 5.78 Å². The van der Waals surface area contributed by atoms with E-state index < -0.39 is 6.10 Å². The summed E-state index contributed by atoms with van der Waals surface area (Å²) in [5.41, 5.74) is 0.0559. The smallest absolute Gasteiger partial charge is 0.162 e. The highest BCUT2D eigenvalue weighted by Gasteiger charge is 2.60. The lowest BCUT2D eigenvalue weighted by Crippen LogP contribution is -2.60. The highest BCUT2D eigenvalue weighted by Crippen LogP contribution is 2.63. The van der Waals surface area contributed by atoms with E-state index in [1.165, 1.54) is 6.42 Å². The highest BCUT2D eigenvalue weighted by atomic mass is 16.3. The fourth-order valence-corrected chi connectivity index (χ4v) is 4.83. The minimum absolute atomic E-state index is 0.0432. The molecule has 1 N–H and O–H groups in total. The number of aliphatic hydroxyl groups excluding tert-OH is 1. The molecule has 0 aliphatic heterocycles. The van der Waals surface area contributed by atoms with E-state index in [0.29, 0.717) is 23.7 Å². The van der Waals surface area contributed by atoms with Gasteiger partial charge in [0.25, 0.3) is 0 Å². The third-order valence-corrected chi connectivity index (χ3v) is 6.50. The molecule has 0 spiro atoms. The van der Waals surface area contributed by atoms with E-state index in [2.05, 4.69) is 41.5 Å². The summed E-state index contributed by atoms with van der Waals surface area (Å²) in [4.78, 5) is 12.2. The van der Waals surface area contributed by atoms with Gasteiger partial charge in [-0.25, -0.2) is 0 Å². The Labute approximate surface area is 111 Å². The molecule has 4 atom stereocenters. The molecule has 4 unspecified atom stereocenters. The second kappa shape index (κ2) is 3.82. The second-order valence-electron chi connectivity index (χ2n) is 8.17. The van der Waals surface area contributed by atoms with Crippen LogP contribution in [0.15, 0.2) is 0 Å². The number of aliphatic hydroxyl groups is 1. The first kappa shape index (κ1) is 14.0. The van der Waals surface area contributed by atoms with Crippen molar-refractivity contribution in [3.63, 3.8) is 0 Å². The predicted octanol–water partition coefficient (Wildman–Crippen LogP) is 3.42. The Hall–Kier alpha value is -0.370. The van der Waals surface area contributed by atoms with Crippen LogP contribution >= 0.6 is 0 Å². The zero-order chi connectivity index (χ0) is 13.9. The van der Waals surface area contributed by atoms with Gasteiger partial charge in [0.1, 0.15) is 6.10 Å². The van der Waals surface area contributed by atoms with Crippen molar-refractivity contribution in [3.05, 3.63) is 0 Å². The SMILES string of the molecule is CC1C(C)(C)CCC2C(C)(C)C(O)C(=O)CC12C. The molecule has 0 radical (unpaired) electrons. The van der Waals surface area contributed by atoms with Crippen LogP contribution in [0, 0.1) is 28.1 Å². The number of fused-ring (bicyclic) bond motifs is 1. The Balaban J connectivity index is 2.45. The lowest BCUT2D eigenvalue weighted by atomic mass is 9.43. The van der Waals surface area contributed by atoms with E-state index in [4.69, 9.17) is 0 Å². The molecule has 0 aromatic heterocycles. The van der Waals surface area contributed by atoms with Gasteiger partial charge in [-0.05, 0) is 35.5 Å². The summed E-state index contributed by atoms with van der Waals surface area (Å²) in [5, 5.41) is 10.2. The number of Topliss-reactive ketones (excluding diaryl/α,β-unsaturated/α-hetero) is 1. The molecule has 2 heteroatoms. The molecule has 0 bridgehead atoms. The lowest BCUT2D eigenvalue weighted by Gasteiger charge is -2.61. The van der Waals surface area contributed by atoms with Crippen LogP contribution in [0.5, 0.6) is 0 Å². The molecule has 2 fully saturated rings. The lowest BCUT2D eigenvalue weighted by molar-refractivity contribution is -0.176. The summed E-state index contributed by atoms with van der Waals surface area (Å²) in [6, 6.07) is 0. The van der Waals surface area contributed by atoms with E-state index in [9.17, 15) is 9.90 Å². The van der Waals surface area contributed by atoms with Crippen LogP contribution < -0.4 is 0 Å². The average Bonchev–Trinajstić information content (AvgIpc) is 2.23. The largest absolute Gasteiger partial charge is 0.385 e. The van der Waals surface area contributed by atoms with Gasteiger partial charge in [-0.2, -0.15) is 0 Å². The Morgan fingerprint density at radius 1 is 1.17 bits per heavy atom. The van der Waals surface area contributed by atoms with Crippen LogP contribution in [0.3, 0.4) is 0 Å². The van der Waals surface area contributed by atoms with Gasteiger partial charge in [-0.15, -0.1) is 0 Å². The van der Waals surface area contributed by atoms with Crippen molar-refractivity contribution in [2.75, 3.05) is 0 Å². The predicted molar refractivity (Wildman–Crippen MR) is 73.2 cm³/mol. The molecule has 2 rings (SSSR count). The maximum Gasteiger partial charge on any atom is 0.162 e.